The van der Waals surface area contributed by atoms with Gasteiger partial charge in [-0.15, -0.1) is 0 Å². The van der Waals surface area contributed by atoms with E-state index in [0.717, 1.165) is 5.56 Å². The minimum Gasteiger partial charge on any atom is -0.383 e. The number of halogens is 2. The topological polar surface area (TPSA) is 43.3 Å². The van der Waals surface area contributed by atoms with E-state index in [4.69, 9.17) is 17.3 Å². The zero-order chi connectivity index (χ0) is 13.6. The molecule has 2 heterocycles. The number of pyridine rings is 1. The number of imidazole rings is 1. The van der Waals surface area contributed by atoms with Crippen LogP contribution < -0.4 is 5.73 Å². The number of benzene rings is 1. The smallest absolute Gasteiger partial charge is 0.140 e. The second kappa shape index (κ2) is 4.24. The van der Waals surface area contributed by atoms with Crippen molar-refractivity contribution in [3.8, 4) is 11.3 Å². The molecule has 19 heavy (non-hydrogen) atoms. The van der Waals surface area contributed by atoms with E-state index in [9.17, 15) is 4.39 Å². The van der Waals surface area contributed by atoms with Crippen LogP contribution in [0.4, 0.5) is 10.2 Å². The first kappa shape index (κ1) is 12.0. The molecule has 0 spiro atoms. The van der Waals surface area contributed by atoms with Gasteiger partial charge in [0.2, 0.25) is 0 Å². The first-order valence-corrected chi connectivity index (χ1v) is 6.13. The number of hydrogen-bond donors (Lipinski definition) is 1. The minimum absolute atomic E-state index is 0.242. The maximum atomic E-state index is 13.3. The summed E-state index contributed by atoms with van der Waals surface area (Å²) in [5.74, 6) is 0.270. The fourth-order valence-corrected chi connectivity index (χ4v) is 2.20. The quantitative estimate of drug-likeness (QED) is 0.736. The summed E-state index contributed by atoms with van der Waals surface area (Å²) in [6.07, 6.45) is 1.76. The number of aryl methyl sites for hydroxylation is 1. The van der Waals surface area contributed by atoms with E-state index in [1.165, 1.54) is 6.07 Å². The monoisotopic (exact) mass is 275 g/mol. The number of nitrogen functional groups attached to an aromatic ring is 1. The highest BCUT2D eigenvalue weighted by atomic mass is 35.5. The lowest BCUT2D eigenvalue weighted by Gasteiger charge is -2.02. The van der Waals surface area contributed by atoms with Gasteiger partial charge in [-0.3, -0.25) is 4.40 Å². The molecule has 3 rings (SSSR count). The Bertz CT molecular complexity index is 780. The number of anilines is 1. The molecular formula is C14H11ClFN3. The maximum Gasteiger partial charge on any atom is 0.140 e. The van der Waals surface area contributed by atoms with E-state index in [2.05, 4.69) is 4.98 Å². The van der Waals surface area contributed by atoms with Crippen molar-refractivity contribution >= 4 is 23.1 Å². The number of nitrogens with zero attached hydrogens (tertiary/aromatic N) is 2. The van der Waals surface area contributed by atoms with E-state index in [1.54, 1.807) is 41.8 Å². The van der Waals surface area contributed by atoms with Crippen molar-refractivity contribution in [2.45, 2.75) is 6.92 Å². The molecule has 0 unspecified atom stereocenters. The predicted molar refractivity (Wildman–Crippen MR) is 74.7 cm³/mol. The summed E-state index contributed by atoms with van der Waals surface area (Å²) in [6, 6.07) is 8.29. The molecule has 0 fully saturated rings. The Morgan fingerprint density at radius 1 is 1.26 bits per heavy atom. The third-order valence-electron chi connectivity index (χ3n) is 3.06. The van der Waals surface area contributed by atoms with Crippen LogP contribution in [0.15, 0.2) is 36.5 Å². The van der Waals surface area contributed by atoms with Crippen LogP contribution in [-0.4, -0.2) is 9.38 Å². The number of aromatic nitrogens is 2. The molecule has 5 heteroatoms. The van der Waals surface area contributed by atoms with Crippen molar-refractivity contribution in [3.05, 3.63) is 52.9 Å². The molecule has 0 aliphatic carbocycles. The van der Waals surface area contributed by atoms with E-state index in [1.807, 2.05) is 0 Å². The standard InChI is InChI=1S/C14H11ClFN3/c1-8-6-9(2-3-11(8)16)13-14(17)19-5-4-10(15)7-12(19)18-13/h2-7H,17H2,1H3. The lowest BCUT2D eigenvalue weighted by Crippen LogP contribution is -1.94. The zero-order valence-corrected chi connectivity index (χ0v) is 10.9. The van der Waals surface area contributed by atoms with Crippen LogP contribution in [0.2, 0.25) is 5.02 Å². The van der Waals surface area contributed by atoms with Gasteiger partial charge >= 0.3 is 0 Å². The van der Waals surface area contributed by atoms with E-state index < -0.39 is 0 Å². The Labute approximate surface area is 114 Å². The SMILES string of the molecule is Cc1cc(-c2nc3cc(Cl)ccn3c2N)ccc1F. The molecule has 0 atom stereocenters. The summed E-state index contributed by atoms with van der Waals surface area (Å²) in [7, 11) is 0. The number of hydrogen-bond acceptors (Lipinski definition) is 2. The molecule has 0 saturated carbocycles. The van der Waals surface area contributed by atoms with Crippen LogP contribution in [-0.2, 0) is 0 Å². The third kappa shape index (κ3) is 1.94. The van der Waals surface area contributed by atoms with Crippen LogP contribution in [0.1, 0.15) is 5.56 Å². The Morgan fingerprint density at radius 3 is 2.79 bits per heavy atom. The van der Waals surface area contributed by atoms with Crippen molar-refractivity contribution < 1.29 is 4.39 Å². The summed E-state index contributed by atoms with van der Waals surface area (Å²) < 4.78 is 15.0. The molecule has 0 aliphatic rings. The fourth-order valence-electron chi connectivity index (χ4n) is 2.04. The normalized spacial score (nSPS) is 11.1. The van der Waals surface area contributed by atoms with Gasteiger partial charge in [0, 0.05) is 22.8 Å². The molecular weight excluding hydrogens is 265 g/mol. The van der Waals surface area contributed by atoms with Crippen molar-refractivity contribution in [2.75, 3.05) is 5.73 Å². The molecule has 2 aromatic heterocycles. The van der Waals surface area contributed by atoms with Gasteiger partial charge in [0.15, 0.2) is 0 Å². The highest BCUT2D eigenvalue weighted by Gasteiger charge is 2.12. The Morgan fingerprint density at radius 2 is 2.05 bits per heavy atom. The van der Waals surface area contributed by atoms with E-state index in [0.29, 0.717) is 27.7 Å². The molecule has 3 nitrogen and oxygen atoms in total. The van der Waals surface area contributed by atoms with Gasteiger partial charge in [0.25, 0.3) is 0 Å². The minimum atomic E-state index is -0.242. The summed E-state index contributed by atoms with van der Waals surface area (Å²) >= 11 is 5.93. The van der Waals surface area contributed by atoms with Gasteiger partial charge < -0.3 is 5.73 Å². The average molecular weight is 276 g/mol. The van der Waals surface area contributed by atoms with Gasteiger partial charge in [-0.1, -0.05) is 11.6 Å². The van der Waals surface area contributed by atoms with Gasteiger partial charge in [-0.2, -0.15) is 0 Å². The predicted octanol–water partition coefficient (Wildman–Crippen LogP) is 3.68. The third-order valence-corrected chi connectivity index (χ3v) is 3.29. The Balaban J connectivity index is 2.24. The Hall–Kier alpha value is -2.07. The number of fused-ring (bicyclic) bond motifs is 1. The first-order valence-electron chi connectivity index (χ1n) is 5.76. The molecule has 0 bridgehead atoms. The van der Waals surface area contributed by atoms with Crippen molar-refractivity contribution in [2.24, 2.45) is 0 Å². The maximum absolute atomic E-state index is 13.3. The lowest BCUT2D eigenvalue weighted by atomic mass is 10.1. The van der Waals surface area contributed by atoms with Crippen molar-refractivity contribution in [3.63, 3.8) is 0 Å². The van der Waals surface area contributed by atoms with Gasteiger partial charge in [-0.05, 0) is 36.8 Å². The second-order valence-corrected chi connectivity index (χ2v) is 4.82. The van der Waals surface area contributed by atoms with E-state index >= 15 is 0 Å². The largest absolute Gasteiger partial charge is 0.383 e. The van der Waals surface area contributed by atoms with Crippen LogP contribution >= 0.6 is 11.6 Å². The highest BCUT2D eigenvalue weighted by molar-refractivity contribution is 6.30. The fraction of sp³-hybridized carbons (Fsp3) is 0.0714. The highest BCUT2D eigenvalue weighted by Crippen LogP contribution is 2.28. The lowest BCUT2D eigenvalue weighted by molar-refractivity contribution is 0.619. The number of rotatable bonds is 1. The summed E-state index contributed by atoms with van der Waals surface area (Å²) in [5, 5.41) is 0.597. The average Bonchev–Trinajstić information content (AvgIpc) is 2.70. The molecule has 1 aromatic carbocycles. The molecule has 0 saturated heterocycles. The molecule has 0 radical (unpaired) electrons. The van der Waals surface area contributed by atoms with Gasteiger partial charge in [-0.25, -0.2) is 9.37 Å². The summed E-state index contributed by atoms with van der Waals surface area (Å²) in [4.78, 5) is 4.45. The Kier molecular flexibility index (Phi) is 2.68. The number of nitrogens with two attached hydrogens (primary N) is 1. The molecule has 0 aliphatic heterocycles. The van der Waals surface area contributed by atoms with Crippen molar-refractivity contribution in [1.82, 2.24) is 9.38 Å². The van der Waals surface area contributed by atoms with Crippen LogP contribution in [0.25, 0.3) is 16.9 Å². The van der Waals surface area contributed by atoms with Gasteiger partial charge in [0.1, 0.15) is 23.0 Å². The molecule has 96 valence electrons. The summed E-state index contributed by atoms with van der Waals surface area (Å²) in [6.45, 7) is 1.71. The van der Waals surface area contributed by atoms with Crippen LogP contribution in [0.5, 0.6) is 0 Å². The van der Waals surface area contributed by atoms with E-state index in [-0.39, 0.29) is 5.82 Å². The second-order valence-electron chi connectivity index (χ2n) is 4.38. The molecule has 2 N–H and O–H groups in total. The van der Waals surface area contributed by atoms with Gasteiger partial charge in [0.05, 0.1) is 0 Å². The van der Waals surface area contributed by atoms with Crippen LogP contribution in [0.3, 0.4) is 0 Å². The zero-order valence-electron chi connectivity index (χ0n) is 10.2. The van der Waals surface area contributed by atoms with Crippen molar-refractivity contribution in [1.29, 1.82) is 0 Å². The van der Waals surface area contributed by atoms with Crippen LogP contribution in [0, 0.1) is 12.7 Å². The molecule has 0 amide bonds. The first-order chi connectivity index (χ1) is 9.06. The summed E-state index contributed by atoms with van der Waals surface area (Å²) in [5.41, 5.74) is 8.72. The molecule has 3 aromatic rings.